The van der Waals surface area contributed by atoms with Gasteiger partial charge in [0.1, 0.15) is 12.3 Å². The van der Waals surface area contributed by atoms with Crippen LogP contribution in [-0.4, -0.2) is 53.6 Å². The van der Waals surface area contributed by atoms with E-state index in [2.05, 4.69) is 9.88 Å². The number of H-pyrrole nitrogens is 1. The highest BCUT2D eigenvalue weighted by Crippen LogP contribution is 2.22. The second kappa shape index (κ2) is 7.83. The molecular formula is C21H22N4O4. The topological polar surface area (TPSA) is 87.6 Å². The first kappa shape index (κ1) is 18.8. The highest BCUT2D eigenvalue weighted by atomic mass is 16.5. The lowest BCUT2D eigenvalue weighted by atomic mass is 10.2. The van der Waals surface area contributed by atoms with E-state index in [4.69, 9.17) is 4.74 Å². The minimum atomic E-state index is -0.572. The number of methoxy groups -OCH3 is 1. The Balaban J connectivity index is 1.46. The molecule has 0 radical (unpaired) electrons. The number of rotatable bonds is 4. The van der Waals surface area contributed by atoms with E-state index in [0.717, 1.165) is 16.0 Å². The predicted octanol–water partition coefficient (Wildman–Crippen LogP) is 1.05. The second-order valence-corrected chi connectivity index (χ2v) is 6.94. The average molecular weight is 394 g/mol. The van der Waals surface area contributed by atoms with Gasteiger partial charge in [0.2, 0.25) is 5.91 Å². The number of nitrogens with zero attached hydrogens (tertiary/aromatic N) is 3. The number of aromatic amines is 1. The van der Waals surface area contributed by atoms with Crippen molar-refractivity contribution < 1.29 is 9.53 Å². The molecule has 3 aromatic rings. The van der Waals surface area contributed by atoms with Gasteiger partial charge in [-0.2, -0.15) is 0 Å². The molecule has 1 aliphatic rings. The first-order valence-electron chi connectivity index (χ1n) is 9.45. The molecule has 8 nitrogen and oxygen atoms in total. The number of hydrogen-bond acceptors (Lipinski definition) is 5. The largest absolute Gasteiger partial charge is 0.497 e. The number of aromatic nitrogens is 2. The maximum atomic E-state index is 12.7. The number of ether oxygens (including phenoxy) is 1. The molecule has 1 saturated heterocycles. The Morgan fingerprint density at radius 2 is 1.79 bits per heavy atom. The number of hydrogen-bond donors (Lipinski definition) is 1. The summed E-state index contributed by atoms with van der Waals surface area (Å²) in [5.41, 5.74) is 0.488. The Labute approximate surface area is 166 Å². The highest BCUT2D eigenvalue weighted by Gasteiger charge is 2.23. The van der Waals surface area contributed by atoms with E-state index in [-0.39, 0.29) is 12.5 Å². The van der Waals surface area contributed by atoms with Crippen LogP contribution in [0.3, 0.4) is 0 Å². The molecule has 0 bridgehead atoms. The lowest BCUT2D eigenvalue weighted by Gasteiger charge is -2.36. The Morgan fingerprint density at radius 1 is 1.03 bits per heavy atom. The number of amides is 1. The summed E-state index contributed by atoms with van der Waals surface area (Å²) in [6, 6.07) is 14.6. The van der Waals surface area contributed by atoms with Crippen molar-refractivity contribution in [2.24, 2.45) is 0 Å². The smallest absolute Gasteiger partial charge is 0.329 e. The van der Waals surface area contributed by atoms with Gasteiger partial charge in [-0.3, -0.25) is 14.2 Å². The molecule has 1 aliphatic heterocycles. The third-order valence-corrected chi connectivity index (χ3v) is 5.23. The van der Waals surface area contributed by atoms with Crippen molar-refractivity contribution in [2.75, 3.05) is 38.2 Å². The van der Waals surface area contributed by atoms with Crippen LogP contribution in [0.25, 0.3) is 10.9 Å². The molecule has 1 N–H and O–H groups in total. The van der Waals surface area contributed by atoms with Gasteiger partial charge in [0.05, 0.1) is 18.0 Å². The molecule has 1 aromatic heterocycles. The molecule has 0 atom stereocenters. The third kappa shape index (κ3) is 3.73. The van der Waals surface area contributed by atoms with Gasteiger partial charge in [-0.15, -0.1) is 0 Å². The minimum Gasteiger partial charge on any atom is -0.497 e. The Hall–Kier alpha value is -3.55. The first-order valence-corrected chi connectivity index (χ1v) is 9.45. The van der Waals surface area contributed by atoms with Gasteiger partial charge in [-0.05, 0) is 24.3 Å². The standard InChI is InChI=1S/C21H22N4O4/c1-29-16-6-4-5-15(13-16)23-9-11-24(12-10-23)19(26)14-25-20(27)17-7-2-3-8-18(17)22-21(25)28/h2-8,13H,9-12,14H2,1H3,(H,22,28). The number of benzene rings is 2. The lowest BCUT2D eigenvalue weighted by molar-refractivity contribution is -0.132. The van der Waals surface area contributed by atoms with Crippen molar-refractivity contribution in [3.05, 3.63) is 69.4 Å². The Bertz CT molecular complexity index is 1160. The quantitative estimate of drug-likeness (QED) is 0.715. The molecule has 0 aliphatic carbocycles. The number of para-hydroxylation sites is 1. The van der Waals surface area contributed by atoms with Crippen molar-refractivity contribution in [3.63, 3.8) is 0 Å². The van der Waals surface area contributed by atoms with Crippen molar-refractivity contribution in [1.82, 2.24) is 14.5 Å². The number of nitrogens with one attached hydrogen (secondary N) is 1. The van der Waals surface area contributed by atoms with Crippen LogP contribution in [0.5, 0.6) is 5.75 Å². The molecule has 1 fully saturated rings. The summed E-state index contributed by atoms with van der Waals surface area (Å²) in [6.07, 6.45) is 0. The van der Waals surface area contributed by atoms with Crippen LogP contribution in [0.4, 0.5) is 5.69 Å². The number of carbonyl (C=O) groups excluding carboxylic acids is 1. The fourth-order valence-electron chi connectivity index (χ4n) is 3.60. The van der Waals surface area contributed by atoms with Crippen LogP contribution in [-0.2, 0) is 11.3 Å². The second-order valence-electron chi connectivity index (χ2n) is 6.94. The van der Waals surface area contributed by atoms with E-state index >= 15 is 0 Å². The molecule has 0 unspecified atom stereocenters. The first-order chi connectivity index (χ1) is 14.1. The van der Waals surface area contributed by atoms with Crippen LogP contribution < -0.4 is 20.9 Å². The normalized spacial score (nSPS) is 14.2. The molecule has 8 heteroatoms. The molecule has 1 amide bonds. The fraction of sp³-hybridized carbons (Fsp3) is 0.286. The zero-order chi connectivity index (χ0) is 20.4. The van der Waals surface area contributed by atoms with Crippen molar-refractivity contribution in [2.45, 2.75) is 6.54 Å². The Kier molecular flexibility index (Phi) is 5.07. The summed E-state index contributed by atoms with van der Waals surface area (Å²) in [7, 11) is 1.63. The number of anilines is 1. The van der Waals surface area contributed by atoms with Crippen molar-refractivity contribution >= 4 is 22.5 Å². The van der Waals surface area contributed by atoms with Gasteiger partial charge in [-0.25, -0.2) is 4.79 Å². The summed E-state index contributed by atoms with van der Waals surface area (Å²) in [5, 5.41) is 0.391. The molecule has 0 saturated carbocycles. The summed E-state index contributed by atoms with van der Waals surface area (Å²) in [4.78, 5) is 44.2. The van der Waals surface area contributed by atoms with Crippen LogP contribution in [0.1, 0.15) is 0 Å². The maximum Gasteiger partial charge on any atom is 0.329 e. The maximum absolute atomic E-state index is 12.7. The zero-order valence-electron chi connectivity index (χ0n) is 16.1. The van der Waals surface area contributed by atoms with Gasteiger partial charge in [0.25, 0.3) is 5.56 Å². The zero-order valence-corrected chi connectivity index (χ0v) is 16.1. The van der Waals surface area contributed by atoms with Crippen LogP contribution in [0.2, 0.25) is 0 Å². The summed E-state index contributed by atoms with van der Waals surface area (Å²) in [5.74, 6) is 0.550. The van der Waals surface area contributed by atoms with E-state index in [0.29, 0.717) is 37.1 Å². The lowest BCUT2D eigenvalue weighted by Crippen LogP contribution is -2.51. The summed E-state index contributed by atoms with van der Waals surface area (Å²) < 4.78 is 6.24. The van der Waals surface area contributed by atoms with Gasteiger partial charge in [-0.1, -0.05) is 18.2 Å². The molecule has 2 aromatic carbocycles. The molecular weight excluding hydrogens is 372 g/mol. The highest BCUT2D eigenvalue weighted by molar-refractivity contribution is 5.79. The summed E-state index contributed by atoms with van der Waals surface area (Å²) >= 11 is 0. The predicted molar refractivity (Wildman–Crippen MR) is 111 cm³/mol. The average Bonchev–Trinajstić information content (AvgIpc) is 2.76. The van der Waals surface area contributed by atoms with Crippen LogP contribution in [0, 0.1) is 0 Å². The monoisotopic (exact) mass is 394 g/mol. The van der Waals surface area contributed by atoms with E-state index in [1.54, 1.807) is 36.3 Å². The molecule has 150 valence electrons. The van der Waals surface area contributed by atoms with E-state index in [9.17, 15) is 14.4 Å². The number of fused-ring (bicyclic) bond motifs is 1. The number of piperazine rings is 1. The molecule has 29 heavy (non-hydrogen) atoms. The third-order valence-electron chi connectivity index (χ3n) is 5.23. The van der Waals surface area contributed by atoms with E-state index in [1.165, 1.54) is 0 Å². The summed E-state index contributed by atoms with van der Waals surface area (Å²) in [6.45, 7) is 2.12. The minimum absolute atomic E-state index is 0.238. The van der Waals surface area contributed by atoms with Gasteiger partial charge in [0.15, 0.2) is 0 Å². The van der Waals surface area contributed by atoms with Gasteiger partial charge < -0.3 is 19.5 Å². The van der Waals surface area contributed by atoms with Gasteiger partial charge in [0, 0.05) is 37.9 Å². The van der Waals surface area contributed by atoms with Crippen LogP contribution >= 0.6 is 0 Å². The molecule has 0 spiro atoms. The fourth-order valence-corrected chi connectivity index (χ4v) is 3.60. The van der Waals surface area contributed by atoms with Gasteiger partial charge >= 0.3 is 5.69 Å². The Morgan fingerprint density at radius 3 is 2.55 bits per heavy atom. The van der Waals surface area contributed by atoms with E-state index in [1.807, 2.05) is 24.3 Å². The van der Waals surface area contributed by atoms with E-state index < -0.39 is 11.2 Å². The van der Waals surface area contributed by atoms with Crippen LogP contribution in [0.15, 0.2) is 58.1 Å². The van der Waals surface area contributed by atoms with Crippen molar-refractivity contribution in [1.29, 1.82) is 0 Å². The van der Waals surface area contributed by atoms with Crippen molar-refractivity contribution in [3.8, 4) is 5.75 Å². The molecule has 4 rings (SSSR count). The molecule has 2 heterocycles. The number of carbonyl (C=O) groups is 1. The SMILES string of the molecule is COc1cccc(N2CCN(C(=O)Cn3c(=O)[nH]c4ccccc4c3=O)CC2)c1.